The summed E-state index contributed by atoms with van der Waals surface area (Å²) >= 11 is 0. The Balaban J connectivity index is 1.58. The monoisotopic (exact) mass is 292 g/mol. The first-order valence-corrected chi connectivity index (χ1v) is 7.15. The number of aromatic nitrogens is 5. The second kappa shape index (κ2) is 5.53. The molecule has 0 bridgehead atoms. The van der Waals surface area contributed by atoms with Crippen molar-refractivity contribution < 1.29 is 9.63 Å². The van der Waals surface area contributed by atoms with Gasteiger partial charge in [-0.15, -0.1) is 5.10 Å². The molecular weight excluding hydrogens is 272 g/mol. The summed E-state index contributed by atoms with van der Waals surface area (Å²) in [6, 6.07) is 0. The van der Waals surface area contributed by atoms with E-state index >= 15 is 0 Å². The summed E-state index contributed by atoms with van der Waals surface area (Å²) in [6.45, 7) is 6.45. The van der Waals surface area contributed by atoms with Gasteiger partial charge in [0.25, 0.3) is 0 Å². The first-order chi connectivity index (χ1) is 10.0. The van der Waals surface area contributed by atoms with Crippen LogP contribution < -0.4 is 0 Å². The zero-order chi connectivity index (χ0) is 14.9. The molecule has 0 radical (unpaired) electrons. The molecule has 1 saturated heterocycles. The lowest BCUT2D eigenvalue weighted by Gasteiger charge is -2.22. The van der Waals surface area contributed by atoms with Crippen molar-refractivity contribution in [3.05, 3.63) is 24.1 Å². The molecule has 1 aliphatic rings. The van der Waals surface area contributed by atoms with Gasteiger partial charge in [0.15, 0.2) is 5.82 Å². The molecule has 0 saturated carbocycles. The van der Waals surface area contributed by atoms with Gasteiger partial charge in [-0.05, 0) is 6.42 Å². The van der Waals surface area contributed by atoms with E-state index in [1.807, 2.05) is 13.8 Å². The van der Waals surface area contributed by atoms with E-state index in [1.54, 1.807) is 17.1 Å². The van der Waals surface area contributed by atoms with Gasteiger partial charge in [-0.1, -0.05) is 24.2 Å². The largest absolute Gasteiger partial charge is 0.387 e. The van der Waals surface area contributed by atoms with Crippen LogP contribution in [0.25, 0.3) is 0 Å². The quantitative estimate of drug-likeness (QED) is 0.853. The first kappa shape index (κ1) is 14.2. The summed E-state index contributed by atoms with van der Waals surface area (Å²) in [6.07, 6.45) is 4.07. The third-order valence-electron chi connectivity index (χ3n) is 3.68. The van der Waals surface area contributed by atoms with Crippen LogP contribution in [0.1, 0.15) is 37.9 Å². The summed E-state index contributed by atoms with van der Waals surface area (Å²) < 4.78 is 6.86. The lowest BCUT2D eigenvalue weighted by atomic mass is 10.0. The van der Waals surface area contributed by atoms with Crippen molar-refractivity contribution in [1.29, 1.82) is 0 Å². The summed E-state index contributed by atoms with van der Waals surface area (Å²) in [5.74, 6) is 1.56. The topological polar surface area (TPSA) is 93.1 Å². The molecule has 21 heavy (non-hydrogen) atoms. The number of hydrogen-bond acceptors (Lipinski definition) is 7. The van der Waals surface area contributed by atoms with Crippen molar-refractivity contribution in [3.63, 3.8) is 0 Å². The Kier molecular flexibility index (Phi) is 3.73. The van der Waals surface area contributed by atoms with Crippen molar-refractivity contribution in [2.24, 2.45) is 0 Å². The zero-order valence-corrected chi connectivity index (χ0v) is 12.3. The molecule has 1 N–H and O–H groups in total. The Labute approximate surface area is 122 Å². The van der Waals surface area contributed by atoms with Gasteiger partial charge >= 0.3 is 0 Å². The van der Waals surface area contributed by atoms with Gasteiger partial charge in [0.1, 0.15) is 0 Å². The van der Waals surface area contributed by atoms with Crippen LogP contribution in [-0.2, 0) is 13.1 Å². The van der Waals surface area contributed by atoms with Crippen LogP contribution in [0.5, 0.6) is 0 Å². The second-order valence-corrected chi connectivity index (χ2v) is 5.99. The van der Waals surface area contributed by atoms with Crippen LogP contribution in [-0.4, -0.2) is 53.8 Å². The highest BCUT2D eigenvalue weighted by Crippen LogP contribution is 2.24. The van der Waals surface area contributed by atoms with Crippen molar-refractivity contribution in [1.82, 2.24) is 30.0 Å². The minimum absolute atomic E-state index is 0.231. The molecule has 3 rings (SSSR count). The van der Waals surface area contributed by atoms with Crippen LogP contribution >= 0.6 is 0 Å². The lowest BCUT2D eigenvalue weighted by molar-refractivity contribution is 0.0271. The number of rotatable bonds is 5. The maximum Gasteiger partial charge on any atom is 0.229 e. The van der Waals surface area contributed by atoms with E-state index < -0.39 is 5.60 Å². The molecule has 114 valence electrons. The maximum atomic E-state index is 10.6. The maximum absolute atomic E-state index is 10.6. The molecule has 0 spiro atoms. The molecule has 3 heterocycles. The van der Waals surface area contributed by atoms with Gasteiger partial charge in [0.2, 0.25) is 5.89 Å². The normalized spacial score (nSPS) is 23.2. The van der Waals surface area contributed by atoms with E-state index in [4.69, 9.17) is 4.52 Å². The van der Waals surface area contributed by atoms with Gasteiger partial charge in [0.05, 0.1) is 24.9 Å². The van der Waals surface area contributed by atoms with Gasteiger partial charge in [0, 0.05) is 25.2 Å². The number of likely N-dealkylation sites (tertiary alicyclic amines) is 1. The highest BCUT2D eigenvalue weighted by molar-refractivity contribution is 4.95. The fourth-order valence-corrected chi connectivity index (χ4v) is 2.59. The number of aliphatic hydroxyl groups is 1. The Morgan fingerprint density at radius 1 is 1.48 bits per heavy atom. The zero-order valence-electron chi connectivity index (χ0n) is 12.3. The fraction of sp³-hybridized carbons (Fsp3) is 0.692. The molecule has 2 aromatic rings. The van der Waals surface area contributed by atoms with Crippen LogP contribution in [0, 0.1) is 0 Å². The van der Waals surface area contributed by atoms with Crippen LogP contribution in [0.4, 0.5) is 0 Å². The van der Waals surface area contributed by atoms with Crippen molar-refractivity contribution in [3.8, 4) is 0 Å². The molecule has 2 aromatic heterocycles. The average molecular weight is 292 g/mol. The lowest BCUT2D eigenvalue weighted by Crippen LogP contribution is -2.37. The number of hydrogen-bond donors (Lipinski definition) is 1. The van der Waals surface area contributed by atoms with Crippen LogP contribution in [0.2, 0.25) is 0 Å². The van der Waals surface area contributed by atoms with E-state index in [0.29, 0.717) is 37.8 Å². The Morgan fingerprint density at radius 2 is 2.33 bits per heavy atom. The smallest absolute Gasteiger partial charge is 0.229 e. The van der Waals surface area contributed by atoms with E-state index in [-0.39, 0.29) is 5.92 Å². The predicted octanol–water partition coefficient (Wildman–Crippen LogP) is 0.421. The second-order valence-electron chi connectivity index (χ2n) is 5.99. The molecule has 1 atom stereocenters. The summed E-state index contributed by atoms with van der Waals surface area (Å²) in [5.41, 5.74) is -0.779. The van der Waals surface area contributed by atoms with Crippen molar-refractivity contribution in [2.45, 2.75) is 44.9 Å². The van der Waals surface area contributed by atoms with E-state index in [0.717, 1.165) is 6.54 Å². The summed E-state index contributed by atoms with van der Waals surface area (Å²) in [7, 11) is 0. The van der Waals surface area contributed by atoms with Gasteiger partial charge < -0.3 is 9.63 Å². The SMILES string of the molecule is CC(C)c1nc(CN2CCC(O)(Cn3ccnn3)C2)no1. The Hall–Kier alpha value is -1.80. The summed E-state index contributed by atoms with van der Waals surface area (Å²) in [4.78, 5) is 6.50. The van der Waals surface area contributed by atoms with E-state index in [1.165, 1.54) is 0 Å². The molecule has 1 fully saturated rings. The third-order valence-corrected chi connectivity index (χ3v) is 3.68. The molecule has 1 unspecified atom stereocenters. The standard InChI is InChI=1S/C13H20N6O2/c1-10(2)12-15-11(16-21-12)7-18-5-3-13(20,8-18)9-19-6-4-14-17-19/h4,6,10,20H,3,5,7-9H2,1-2H3. The Bertz CT molecular complexity index is 581. The molecule has 0 amide bonds. The highest BCUT2D eigenvalue weighted by Gasteiger charge is 2.37. The van der Waals surface area contributed by atoms with E-state index in [9.17, 15) is 5.11 Å². The minimum atomic E-state index is -0.779. The first-order valence-electron chi connectivity index (χ1n) is 7.15. The molecular formula is C13H20N6O2. The van der Waals surface area contributed by atoms with Gasteiger partial charge in [-0.25, -0.2) is 4.68 Å². The Morgan fingerprint density at radius 3 is 3.00 bits per heavy atom. The number of β-amino-alcohol motifs (C(OH)–C–C–N with tert-alkyl or cyclic N) is 1. The van der Waals surface area contributed by atoms with Gasteiger partial charge in [-0.2, -0.15) is 4.98 Å². The minimum Gasteiger partial charge on any atom is -0.387 e. The van der Waals surface area contributed by atoms with Crippen LogP contribution in [0.3, 0.4) is 0 Å². The third kappa shape index (κ3) is 3.27. The highest BCUT2D eigenvalue weighted by atomic mass is 16.5. The molecule has 1 aliphatic heterocycles. The average Bonchev–Trinajstić information content (AvgIpc) is 3.12. The predicted molar refractivity (Wildman–Crippen MR) is 73.3 cm³/mol. The fourth-order valence-electron chi connectivity index (χ4n) is 2.59. The van der Waals surface area contributed by atoms with E-state index in [2.05, 4.69) is 25.4 Å². The summed E-state index contributed by atoms with van der Waals surface area (Å²) in [5, 5.41) is 22.3. The molecule has 8 heteroatoms. The van der Waals surface area contributed by atoms with Crippen molar-refractivity contribution in [2.75, 3.05) is 13.1 Å². The van der Waals surface area contributed by atoms with Crippen LogP contribution in [0.15, 0.2) is 16.9 Å². The molecule has 0 aromatic carbocycles. The molecule has 0 aliphatic carbocycles. The van der Waals surface area contributed by atoms with Crippen molar-refractivity contribution >= 4 is 0 Å². The number of nitrogens with zero attached hydrogens (tertiary/aromatic N) is 6. The van der Waals surface area contributed by atoms with Gasteiger partial charge in [-0.3, -0.25) is 4.90 Å². The molecule has 8 nitrogen and oxygen atoms in total.